The molecule has 0 radical (unpaired) electrons. The van der Waals surface area contributed by atoms with Crippen LogP contribution in [0.4, 0.5) is 4.79 Å². The van der Waals surface area contributed by atoms with E-state index >= 15 is 0 Å². The Morgan fingerprint density at radius 1 is 1.27 bits per heavy atom. The number of nitrogens with one attached hydrogen (secondary N) is 1. The second-order valence-corrected chi connectivity index (χ2v) is 5.75. The van der Waals surface area contributed by atoms with Crippen LogP contribution in [-0.4, -0.2) is 24.8 Å². The molecule has 0 bridgehead atoms. The molecule has 1 aromatic carbocycles. The van der Waals surface area contributed by atoms with Crippen LogP contribution in [0.2, 0.25) is 0 Å². The molecule has 118 valence electrons. The SMILES string of the molecule is C#Cc1ccc(C(CC(=O)OC)NC(=O)OC(C)(C)C)cc1. The Labute approximate surface area is 131 Å². The first-order valence-electron chi connectivity index (χ1n) is 6.88. The Hall–Kier alpha value is -2.48. The number of alkyl carbamates (subject to hydrolysis) is 1. The van der Waals surface area contributed by atoms with Crippen molar-refractivity contribution in [3.05, 3.63) is 35.4 Å². The van der Waals surface area contributed by atoms with Gasteiger partial charge < -0.3 is 14.8 Å². The minimum Gasteiger partial charge on any atom is -0.469 e. The summed E-state index contributed by atoms with van der Waals surface area (Å²) in [6, 6.07) is 6.47. The summed E-state index contributed by atoms with van der Waals surface area (Å²) in [6.45, 7) is 5.30. The van der Waals surface area contributed by atoms with Crippen molar-refractivity contribution in [1.29, 1.82) is 0 Å². The molecule has 0 saturated carbocycles. The summed E-state index contributed by atoms with van der Waals surface area (Å²) in [5, 5.41) is 2.68. The van der Waals surface area contributed by atoms with Crippen molar-refractivity contribution in [2.45, 2.75) is 38.8 Å². The van der Waals surface area contributed by atoms with Gasteiger partial charge in [0.05, 0.1) is 19.6 Å². The number of rotatable bonds is 4. The van der Waals surface area contributed by atoms with Crippen LogP contribution in [-0.2, 0) is 14.3 Å². The average molecular weight is 303 g/mol. The molecule has 0 heterocycles. The third-order valence-corrected chi connectivity index (χ3v) is 2.77. The molecule has 0 aliphatic carbocycles. The molecule has 1 unspecified atom stereocenters. The lowest BCUT2D eigenvalue weighted by molar-refractivity contribution is -0.141. The summed E-state index contributed by atoms with van der Waals surface area (Å²) in [5.74, 6) is 2.08. The number of benzene rings is 1. The van der Waals surface area contributed by atoms with Crippen LogP contribution in [0.1, 0.15) is 44.4 Å². The molecule has 5 heteroatoms. The summed E-state index contributed by atoms with van der Waals surface area (Å²) < 4.78 is 9.88. The maximum absolute atomic E-state index is 11.9. The summed E-state index contributed by atoms with van der Waals surface area (Å²) in [7, 11) is 1.30. The highest BCUT2D eigenvalue weighted by Crippen LogP contribution is 2.19. The summed E-state index contributed by atoms with van der Waals surface area (Å²) in [4.78, 5) is 23.5. The number of hydrogen-bond acceptors (Lipinski definition) is 4. The Balaban J connectivity index is 2.90. The van der Waals surface area contributed by atoms with Crippen LogP contribution in [0.15, 0.2) is 24.3 Å². The molecule has 1 atom stereocenters. The fourth-order valence-electron chi connectivity index (χ4n) is 1.76. The lowest BCUT2D eigenvalue weighted by atomic mass is 10.0. The zero-order chi connectivity index (χ0) is 16.8. The number of methoxy groups -OCH3 is 1. The van der Waals surface area contributed by atoms with E-state index in [-0.39, 0.29) is 6.42 Å². The molecule has 0 aliphatic rings. The Morgan fingerprint density at radius 3 is 2.32 bits per heavy atom. The van der Waals surface area contributed by atoms with Gasteiger partial charge in [-0.15, -0.1) is 6.42 Å². The first kappa shape index (κ1) is 17.6. The molecule has 0 aliphatic heterocycles. The van der Waals surface area contributed by atoms with Crippen LogP contribution in [0.3, 0.4) is 0 Å². The van der Waals surface area contributed by atoms with E-state index < -0.39 is 23.7 Å². The van der Waals surface area contributed by atoms with Crippen molar-refractivity contribution in [1.82, 2.24) is 5.32 Å². The normalized spacial score (nSPS) is 12.0. The fraction of sp³-hybridized carbons (Fsp3) is 0.412. The van der Waals surface area contributed by atoms with Gasteiger partial charge in [0.25, 0.3) is 0 Å². The number of terminal acetylenes is 1. The third kappa shape index (κ3) is 5.88. The van der Waals surface area contributed by atoms with Gasteiger partial charge in [0.1, 0.15) is 5.60 Å². The second kappa shape index (κ2) is 7.51. The summed E-state index contributed by atoms with van der Waals surface area (Å²) in [5.41, 5.74) is 0.848. The molecule has 0 spiro atoms. The third-order valence-electron chi connectivity index (χ3n) is 2.77. The molecule has 1 rings (SSSR count). The largest absolute Gasteiger partial charge is 0.469 e. The van der Waals surface area contributed by atoms with Gasteiger partial charge in [0.2, 0.25) is 0 Å². The van der Waals surface area contributed by atoms with Gasteiger partial charge in [0.15, 0.2) is 0 Å². The van der Waals surface area contributed by atoms with E-state index in [0.29, 0.717) is 0 Å². The number of amides is 1. The highest BCUT2D eigenvalue weighted by atomic mass is 16.6. The van der Waals surface area contributed by atoms with Crippen molar-refractivity contribution < 1.29 is 19.1 Å². The molecule has 1 aromatic rings. The van der Waals surface area contributed by atoms with E-state index in [9.17, 15) is 9.59 Å². The van der Waals surface area contributed by atoms with E-state index in [1.807, 2.05) is 0 Å². The fourth-order valence-corrected chi connectivity index (χ4v) is 1.76. The highest BCUT2D eigenvalue weighted by Gasteiger charge is 2.22. The highest BCUT2D eigenvalue weighted by molar-refractivity contribution is 5.73. The van der Waals surface area contributed by atoms with Gasteiger partial charge in [-0.2, -0.15) is 0 Å². The van der Waals surface area contributed by atoms with Crippen LogP contribution in [0.25, 0.3) is 0 Å². The van der Waals surface area contributed by atoms with E-state index in [4.69, 9.17) is 11.2 Å². The van der Waals surface area contributed by atoms with Crippen molar-refractivity contribution in [3.63, 3.8) is 0 Å². The molecular formula is C17H21NO4. The Bertz CT molecular complexity index is 564. The molecule has 0 aromatic heterocycles. The van der Waals surface area contributed by atoms with Crippen LogP contribution in [0.5, 0.6) is 0 Å². The predicted octanol–water partition coefficient (Wildman–Crippen LogP) is 2.80. The van der Waals surface area contributed by atoms with Gasteiger partial charge in [-0.25, -0.2) is 4.79 Å². The molecule has 22 heavy (non-hydrogen) atoms. The summed E-state index contributed by atoms with van der Waals surface area (Å²) in [6.07, 6.45) is 4.72. The number of ether oxygens (including phenoxy) is 2. The Kier molecular flexibility index (Phi) is 6.00. The first-order valence-corrected chi connectivity index (χ1v) is 6.88. The maximum atomic E-state index is 11.9. The zero-order valence-electron chi connectivity index (χ0n) is 13.3. The zero-order valence-corrected chi connectivity index (χ0v) is 13.3. The molecule has 1 amide bonds. The molecule has 5 nitrogen and oxygen atoms in total. The van der Waals surface area contributed by atoms with E-state index in [1.54, 1.807) is 45.0 Å². The van der Waals surface area contributed by atoms with Crippen molar-refractivity contribution in [2.75, 3.05) is 7.11 Å². The smallest absolute Gasteiger partial charge is 0.408 e. The number of esters is 1. The lowest BCUT2D eigenvalue weighted by Crippen LogP contribution is -2.36. The molecule has 1 N–H and O–H groups in total. The van der Waals surface area contributed by atoms with Gasteiger partial charge in [-0.1, -0.05) is 18.1 Å². The van der Waals surface area contributed by atoms with Crippen molar-refractivity contribution in [3.8, 4) is 12.3 Å². The van der Waals surface area contributed by atoms with Crippen molar-refractivity contribution in [2.24, 2.45) is 0 Å². The number of carbonyl (C=O) groups is 2. The first-order chi connectivity index (χ1) is 10.2. The van der Waals surface area contributed by atoms with Gasteiger partial charge in [-0.05, 0) is 38.5 Å². The lowest BCUT2D eigenvalue weighted by Gasteiger charge is -2.23. The second-order valence-electron chi connectivity index (χ2n) is 5.75. The van der Waals surface area contributed by atoms with Crippen LogP contribution < -0.4 is 5.32 Å². The van der Waals surface area contributed by atoms with Gasteiger partial charge in [0, 0.05) is 5.56 Å². The topological polar surface area (TPSA) is 64.6 Å². The Morgan fingerprint density at radius 2 is 1.86 bits per heavy atom. The number of hydrogen-bond donors (Lipinski definition) is 1. The van der Waals surface area contributed by atoms with Crippen molar-refractivity contribution >= 4 is 12.1 Å². The average Bonchev–Trinajstić information content (AvgIpc) is 2.44. The summed E-state index contributed by atoms with van der Waals surface area (Å²) >= 11 is 0. The molecule has 0 fully saturated rings. The van der Waals surface area contributed by atoms with E-state index in [0.717, 1.165) is 11.1 Å². The van der Waals surface area contributed by atoms with E-state index in [1.165, 1.54) is 7.11 Å². The molecule has 0 saturated heterocycles. The van der Waals surface area contributed by atoms with E-state index in [2.05, 4.69) is 16.0 Å². The van der Waals surface area contributed by atoms with Crippen LogP contribution in [0, 0.1) is 12.3 Å². The predicted molar refractivity (Wildman–Crippen MR) is 83.1 cm³/mol. The minimum atomic E-state index is -0.618. The quantitative estimate of drug-likeness (QED) is 0.686. The standard InChI is InChI=1S/C17H21NO4/c1-6-12-7-9-13(10-8-12)14(11-15(19)21-5)18-16(20)22-17(2,3)4/h1,7-10,14H,11H2,2-5H3,(H,18,20). The minimum absolute atomic E-state index is 0.00510. The number of carbonyl (C=O) groups excluding carboxylic acids is 2. The molecular weight excluding hydrogens is 282 g/mol. The van der Waals surface area contributed by atoms with Crippen LogP contribution >= 0.6 is 0 Å². The maximum Gasteiger partial charge on any atom is 0.408 e. The van der Waals surface area contributed by atoms with Gasteiger partial charge in [-0.3, -0.25) is 4.79 Å². The monoisotopic (exact) mass is 303 g/mol. The van der Waals surface area contributed by atoms with Gasteiger partial charge >= 0.3 is 12.1 Å².